The van der Waals surface area contributed by atoms with Crippen LogP contribution in [-0.4, -0.2) is 31.7 Å². The SMILES string of the molecule is CCOC(=O)CCC(CS(N)(=O)=O)[C@H](C)c1ccc([N+](=O)[O-])cc1. The van der Waals surface area contributed by atoms with Gasteiger partial charge in [0, 0.05) is 18.6 Å². The molecule has 0 amide bonds. The van der Waals surface area contributed by atoms with Crippen LogP contribution in [0.2, 0.25) is 0 Å². The van der Waals surface area contributed by atoms with Crippen LogP contribution in [0.4, 0.5) is 5.69 Å². The first-order valence-electron chi connectivity index (χ1n) is 7.54. The van der Waals surface area contributed by atoms with E-state index < -0.39 is 26.8 Å². The molecule has 0 aliphatic heterocycles. The standard InChI is InChI=1S/C15H22N2O6S/c1-3-23-15(18)9-6-13(10-24(16,21)22)11(2)12-4-7-14(8-5-12)17(19)20/h4-5,7-8,11,13H,3,6,9-10H2,1-2H3,(H2,16,21,22)/t11-,13?/m1/s1. The smallest absolute Gasteiger partial charge is 0.305 e. The fraction of sp³-hybridized carbons (Fsp3) is 0.533. The van der Waals surface area contributed by atoms with E-state index in [1.54, 1.807) is 19.1 Å². The molecule has 0 radical (unpaired) electrons. The lowest BCUT2D eigenvalue weighted by molar-refractivity contribution is -0.384. The number of nitrogens with zero attached hydrogens (tertiary/aromatic N) is 1. The third-order valence-corrected chi connectivity index (χ3v) is 4.70. The lowest BCUT2D eigenvalue weighted by Crippen LogP contribution is -2.27. The molecule has 0 saturated heterocycles. The Hall–Kier alpha value is -2.00. The van der Waals surface area contributed by atoms with Gasteiger partial charge in [-0.05, 0) is 30.7 Å². The number of primary sulfonamides is 1. The lowest BCUT2D eigenvalue weighted by atomic mass is 9.85. The van der Waals surface area contributed by atoms with Gasteiger partial charge in [-0.1, -0.05) is 19.1 Å². The molecule has 8 nitrogen and oxygen atoms in total. The molecular weight excluding hydrogens is 336 g/mol. The average Bonchev–Trinajstić information content (AvgIpc) is 2.50. The molecule has 0 spiro atoms. The molecule has 2 N–H and O–H groups in total. The molecule has 1 aromatic carbocycles. The summed E-state index contributed by atoms with van der Waals surface area (Å²) < 4.78 is 27.8. The second-order valence-electron chi connectivity index (χ2n) is 5.57. The summed E-state index contributed by atoms with van der Waals surface area (Å²) in [5.74, 6) is -1.30. The van der Waals surface area contributed by atoms with Gasteiger partial charge in [-0.15, -0.1) is 0 Å². The minimum atomic E-state index is -3.72. The minimum absolute atomic E-state index is 0.0412. The third kappa shape index (κ3) is 6.63. The number of ether oxygens (including phenoxy) is 1. The van der Waals surface area contributed by atoms with Crippen LogP contribution in [0.25, 0.3) is 0 Å². The Morgan fingerprint density at radius 2 is 1.92 bits per heavy atom. The maximum atomic E-state index is 11.5. The zero-order valence-electron chi connectivity index (χ0n) is 13.7. The van der Waals surface area contributed by atoms with Crippen LogP contribution in [0.5, 0.6) is 0 Å². The molecule has 0 bridgehead atoms. The monoisotopic (exact) mass is 358 g/mol. The third-order valence-electron chi connectivity index (χ3n) is 3.81. The molecule has 134 valence electrons. The summed E-state index contributed by atoms with van der Waals surface area (Å²) >= 11 is 0. The average molecular weight is 358 g/mol. The Kier molecular flexibility index (Phi) is 7.30. The van der Waals surface area contributed by atoms with Gasteiger partial charge in [-0.3, -0.25) is 14.9 Å². The summed E-state index contributed by atoms with van der Waals surface area (Å²) in [5.41, 5.74) is 0.707. The molecule has 2 atom stereocenters. The Morgan fingerprint density at radius 1 is 1.33 bits per heavy atom. The summed E-state index contributed by atoms with van der Waals surface area (Å²) in [4.78, 5) is 21.7. The molecule has 0 heterocycles. The molecule has 24 heavy (non-hydrogen) atoms. The molecule has 0 aliphatic carbocycles. The Labute approximate surface area is 141 Å². The first-order chi connectivity index (χ1) is 11.1. The van der Waals surface area contributed by atoms with Gasteiger partial charge in [0.1, 0.15) is 0 Å². The highest BCUT2D eigenvalue weighted by Gasteiger charge is 2.25. The van der Waals surface area contributed by atoms with Gasteiger partial charge in [0.05, 0.1) is 17.3 Å². The highest BCUT2D eigenvalue weighted by molar-refractivity contribution is 7.89. The van der Waals surface area contributed by atoms with Gasteiger partial charge in [-0.25, -0.2) is 13.6 Å². The van der Waals surface area contributed by atoms with Crippen LogP contribution in [0.3, 0.4) is 0 Å². The predicted octanol–water partition coefficient (Wildman–Crippen LogP) is 1.95. The Bertz CT molecular complexity index is 672. The summed E-state index contributed by atoms with van der Waals surface area (Å²) in [5, 5.41) is 15.8. The lowest BCUT2D eigenvalue weighted by Gasteiger charge is -2.23. The minimum Gasteiger partial charge on any atom is -0.466 e. The molecule has 0 fully saturated rings. The topological polar surface area (TPSA) is 130 Å². The number of esters is 1. The largest absolute Gasteiger partial charge is 0.466 e. The van der Waals surface area contributed by atoms with Crippen molar-refractivity contribution >= 4 is 21.7 Å². The highest BCUT2D eigenvalue weighted by atomic mass is 32.2. The van der Waals surface area contributed by atoms with Gasteiger partial charge in [0.15, 0.2) is 0 Å². The van der Waals surface area contributed by atoms with Crippen molar-refractivity contribution in [1.29, 1.82) is 0 Å². The number of sulfonamides is 1. The first-order valence-corrected chi connectivity index (χ1v) is 9.26. The van der Waals surface area contributed by atoms with E-state index in [9.17, 15) is 23.3 Å². The van der Waals surface area contributed by atoms with E-state index in [1.165, 1.54) is 12.1 Å². The molecule has 0 saturated carbocycles. The molecular formula is C15H22N2O6S. The summed E-state index contributed by atoms with van der Waals surface area (Å²) in [6.07, 6.45) is 0.388. The Balaban J connectivity index is 2.91. The van der Waals surface area contributed by atoms with Gasteiger partial charge < -0.3 is 4.74 Å². The highest BCUT2D eigenvalue weighted by Crippen LogP contribution is 2.30. The predicted molar refractivity (Wildman–Crippen MR) is 88.8 cm³/mol. The van der Waals surface area contributed by atoms with E-state index in [4.69, 9.17) is 9.88 Å². The number of rotatable bonds is 9. The van der Waals surface area contributed by atoms with Crippen molar-refractivity contribution < 1.29 is 22.9 Å². The number of carbonyl (C=O) groups excluding carboxylic acids is 1. The zero-order chi connectivity index (χ0) is 18.3. The van der Waals surface area contributed by atoms with Crippen molar-refractivity contribution in [1.82, 2.24) is 0 Å². The molecule has 0 aromatic heterocycles. The molecule has 0 aliphatic rings. The van der Waals surface area contributed by atoms with E-state index in [0.29, 0.717) is 6.42 Å². The molecule has 1 unspecified atom stereocenters. The fourth-order valence-corrected chi connectivity index (χ4v) is 3.54. The number of hydrogen-bond donors (Lipinski definition) is 1. The summed E-state index contributed by atoms with van der Waals surface area (Å²) in [6, 6.07) is 5.91. The van der Waals surface area contributed by atoms with E-state index in [2.05, 4.69) is 0 Å². The van der Waals surface area contributed by atoms with E-state index in [1.807, 2.05) is 6.92 Å². The molecule has 9 heteroatoms. The number of nitrogens with two attached hydrogens (primary N) is 1. The van der Waals surface area contributed by atoms with Gasteiger partial charge in [0.25, 0.3) is 5.69 Å². The summed E-state index contributed by atoms with van der Waals surface area (Å²) in [6.45, 7) is 3.76. The summed E-state index contributed by atoms with van der Waals surface area (Å²) in [7, 11) is -3.72. The van der Waals surface area contributed by atoms with Crippen molar-refractivity contribution in [3.8, 4) is 0 Å². The molecule has 1 rings (SSSR count). The quantitative estimate of drug-likeness (QED) is 0.408. The second kappa shape index (κ2) is 8.74. The molecule has 1 aromatic rings. The van der Waals surface area contributed by atoms with Crippen molar-refractivity contribution in [2.75, 3.05) is 12.4 Å². The number of nitro benzene ring substituents is 1. The van der Waals surface area contributed by atoms with Crippen LogP contribution >= 0.6 is 0 Å². The number of non-ortho nitro benzene ring substituents is 1. The van der Waals surface area contributed by atoms with Crippen LogP contribution < -0.4 is 5.14 Å². The number of hydrogen-bond acceptors (Lipinski definition) is 6. The maximum absolute atomic E-state index is 11.5. The van der Waals surface area contributed by atoms with E-state index in [-0.39, 0.29) is 30.4 Å². The van der Waals surface area contributed by atoms with Crippen molar-refractivity contribution in [2.45, 2.75) is 32.6 Å². The first kappa shape index (κ1) is 20.0. The van der Waals surface area contributed by atoms with Crippen LogP contribution in [0.1, 0.15) is 38.2 Å². The van der Waals surface area contributed by atoms with Gasteiger partial charge >= 0.3 is 5.97 Å². The maximum Gasteiger partial charge on any atom is 0.305 e. The Morgan fingerprint density at radius 3 is 2.38 bits per heavy atom. The fourth-order valence-electron chi connectivity index (χ4n) is 2.48. The number of benzene rings is 1. The van der Waals surface area contributed by atoms with Crippen molar-refractivity contribution in [3.63, 3.8) is 0 Å². The van der Waals surface area contributed by atoms with E-state index >= 15 is 0 Å². The van der Waals surface area contributed by atoms with Crippen molar-refractivity contribution in [2.24, 2.45) is 11.1 Å². The van der Waals surface area contributed by atoms with Crippen LogP contribution in [-0.2, 0) is 19.6 Å². The van der Waals surface area contributed by atoms with E-state index in [0.717, 1.165) is 5.56 Å². The van der Waals surface area contributed by atoms with Gasteiger partial charge in [0.2, 0.25) is 10.0 Å². The zero-order valence-corrected chi connectivity index (χ0v) is 14.5. The second-order valence-corrected chi connectivity index (χ2v) is 7.23. The van der Waals surface area contributed by atoms with Gasteiger partial charge in [-0.2, -0.15) is 0 Å². The van der Waals surface area contributed by atoms with Crippen LogP contribution in [0.15, 0.2) is 24.3 Å². The van der Waals surface area contributed by atoms with Crippen molar-refractivity contribution in [3.05, 3.63) is 39.9 Å². The van der Waals surface area contributed by atoms with Crippen LogP contribution in [0, 0.1) is 16.0 Å². The number of carbonyl (C=O) groups is 1. The number of nitro groups is 1. The normalized spacial score (nSPS) is 14.0.